The molecule has 1 fully saturated rings. The second kappa shape index (κ2) is 4.26. The van der Waals surface area contributed by atoms with Crippen molar-refractivity contribution in [1.29, 1.82) is 0 Å². The van der Waals surface area contributed by atoms with Crippen molar-refractivity contribution in [3.63, 3.8) is 0 Å². The molecule has 1 saturated carbocycles. The van der Waals surface area contributed by atoms with Gasteiger partial charge in [-0.15, -0.1) is 0 Å². The molecule has 0 spiro atoms. The first-order valence-corrected chi connectivity index (χ1v) is 5.91. The molecule has 1 aliphatic carbocycles. The summed E-state index contributed by atoms with van der Waals surface area (Å²) in [6.07, 6.45) is 2.43. The summed E-state index contributed by atoms with van der Waals surface area (Å²) in [6.45, 7) is 14.6. The van der Waals surface area contributed by atoms with Crippen LogP contribution >= 0.6 is 0 Å². The van der Waals surface area contributed by atoms with Gasteiger partial charge in [-0.25, -0.2) is 0 Å². The maximum Gasteiger partial charge on any atom is 0.0337 e. The molecule has 0 heterocycles. The molecule has 2 unspecified atom stereocenters. The van der Waals surface area contributed by atoms with Crippen molar-refractivity contribution in [1.82, 2.24) is 5.32 Å². The fourth-order valence-corrected chi connectivity index (χ4v) is 3.03. The second-order valence-corrected chi connectivity index (χ2v) is 6.12. The zero-order valence-electron chi connectivity index (χ0n) is 10.7. The summed E-state index contributed by atoms with van der Waals surface area (Å²) in [5.74, 6) is 0.650. The van der Waals surface area contributed by atoms with Gasteiger partial charge in [-0.05, 0) is 31.1 Å². The maximum atomic E-state index is 5.97. The van der Waals surface area contributed by atoms with Crippen molar-refractivity contribution >= 4 is 0 Å². The summed E-state index contributed by atoms with van der Waals surface area (Å²) in [7, 11) is 0. The van der Waals surface area contributed by atoms with Gasteiger partial charge in [0.05, 0.1) is 0 Å². The lowest BCUT2D eigenvalue weighted by atomic mass is 9.86. The van der Waals surface area contributed by atoms with E-state index in [1.54, 1.807) is 0 Å². The Balaban J connectivity index is 2.72. The van der Waals surface area contributed by atoms with E-state index in [0.29, 0.717) is 11.3 Å². The molecule has 15 heavy (non-hydrogen) atoms. The fourth-order valence-electron chi connectivity index (χ4n) is 3.03. The number of nitrogens with one attached hydrogen (secondary N) is 1. The SMILES string of the molecule is C=C(C)CNC1(CN)CC(C)(C)CC1C. The Labute approximate surface area is 94.3 Å². The first-order valence-electron chi connectivity index (χ1n) is 5.91. The molecular weight excluding hydrogens is 184 g/mol. The molecule has 2 nitrogen and oxygen atoms in total. The minimum atomic E-state index is 0.127. The van der Waals surface area contributed by atoms with Gasteiger partial charge in [0, 0.05) is 18.6 Å². The molecule has 0 radical (unpaired) electrons. The third-order valence-corrected chi connectivity index (χ3v) is 3.70. The zero-order valence-corrected chi connectivity index (χ0v) is 10.7. The van der Waals surface area contributed by atoms with E-state index in [0.717, 1.165) is 13.1 Å². The van der Waals surface area contributed by atoms with Crippen LogP contribution in [0, 0.1) is 11.3 Å². The fraction of sp³-hybridized carbons (Fsp3) is 0.846. The van der Waals surface area contributed by atoms with Gasteiger partial charge >= 0.3 is 0 Å². The molecule has 0 saturated heterocycles. The average molecular weight is 210 g/mol. The zero-order chi connectivity index (χ0) is 11.7. The summed E-state index contributed by atoms with van der Waals surface area (Å²) in [5.41, 5.74) is 7.70. The van der Waals surface area contributed by atoms with Crippen LogP contribution in [0.25, 0.3) is 0 Å². The molecule has 1 rings (SSSR count). The summed E-state index contributed by atoms with van der Waals surface area (Å²) in [4.78, 5) is 0. The van der Waals surface area contributed by atoms with Crippen LogP contribution in [0.3, 0.4) is 0 Å². The van der Waals surface area contributed by atoms with Gasteiger partial charge in [-0.2, -0.15) is 0 Å². The van der Waals surface area contributed by atoms with E-state index in [9.17, 15) is 0 Å². The highest BCUT2D eigenvalue weighted by molar-refractivity contribution is 5.07. The molecule has 0 bridgehead atoms. The lowest BCUT2D eigenvalue weighted by molar-refractivity contribution is 0.264. The highest BCUT2D eigenvalue weighted by Crippen LogP contribution is 2.46. The molecule has 0 aliphatic heterocycles. The Hall–Kier alpha value is -0.340. The third-order valence-electron chi connectivity index (χ3n) is 3.70. The van der Waals surface area contributed by atoms with E-state index in [1.807, 2.05) is 0 Å². The number of rotatable bonds is 4. The van der Waals surface area contributed by atoms with E-state index in [-0.39, 0.29) is 5.54 Å². The largest absolute Gasteiger partial charge is 0.329 e. The highest BCUT2D eigenvalue weighted by atomic mass is 15.0. The van der Waals surface area contributed by atoms with E-state index in [2.05, 4.69) is 39.6 Å². The minimum Gasteiger partial charge on any atom is -0.329 e. The van der Waals surface area contributed by atoms with Crippen LogP contribution in [0.5, 0.6) is 0 Å². The Bertz CT molecular complexity index is 245. The molecule has 0 aromatic heterocycles. The number of nitrogens with two attached hydrogens (primary N) is 1. The normalized spacial score (nSPS) is 34.3. The van der Waals surface area contributed by atoms with E-state index >= 15 is 0 Å². The van der Waals surface area contributed by atoms with Gasteiger partial charge < -0.3 is 11.1 Å². The van der Waals surface area contributed by atoms with Gasteiger partial charge in [-0.3, -0.25) is 0 Å². The molecule has 0 aromatic rings. The summed E-state index contributed by atoms with van der Waals surface area (Å²) in [5, 5.41) is 3.63. The average Bonchev–Trinajstić information content (AvgIpc) is 2.33. The first-order chi connectivity index (χ1) is 6.81. The van der Waals surface area contributed by atoms with Crippen molar-refractivity contribution in [2.75, 3.05) is 13.1 Å². The predicted octanol–water partition coefficient (Wildman–Crippen LogP) is 2.31. The van der Waals surface area contributed by atoms with E-state index < -0.39 is 0 Å². The maximum absolute atomic E-state index is 5.97. The van der Waals surface area contributed by atoms with Crippen molar-refractivity contribution in [2.24, 2.45) is 17.1 Å². The molecule has 0 amide bonds. The highest BCUT2D eigenvalue weighted by Gasteiger charge is 2.47. The van der Waals surface area contributed by atoms with Gasteiger partial charge in [0.2, 0.25) is 0 Å². The lowest BCUT2D eigenvalue weighted by Gasteiger charge is -2.34. The predicted molar refractivity (Wildman–Crippen MR) is 66.8 cm³/mol. The van der Waals surface area contributed by atoms with E-state index in [4.69, 9.17) is 5.73 Å². The van der Waals surface area contributed by atoms with Crippen LogP contribution in [-0.2, 0) is 0 Å². The quantitative estimate of drug-likeness (QED) is 0.699. The van der Waals surface area contributed by atoms with Crippen LogP contribution in [0.1, 0.15) is 40.5 Å². The molecule has 0 aromatic carbocycles. The van der Waals surface area contributed by atoms with Crippen LogP contribution in [-0.4, -0.2) is 18.6 Å². The standard InChI is InChI=1S/C13H26N2/c1-10(2)7-15-13(9-14)8-12(4,5)6-11(13)3/h11,15H,1,6-9,14H2,2-5H3. The third kappa shape index (κ3) is 2.82. The minimum absolute atomic E-state index is 0.127. The van der Waals surface area contributed by atoms with Crippen LogP contribution < -0.4 is 11.1 Å². The topological polar surface area (TPSA) is 38.0 Å². The monoisotopic (exact) mass is 210 g/mol. The summed E-state index contributed by atoms with van der Waals surface area (Å²) in [6, 6.07) is 0. The van der Waals surface area contributed by atoms with Crippen molar-refractivity contribution in [3.8, 4) is 0 Å². The van der Waals surface area contributed by atoms with Crippen molar-refractivity contribution in [2.45, 2.75) is 46.1 Å². The second-order valence-electron chi connectivity index (χ2n) is 6.12. The van der Waals surface area contributed by atoms with Gasteiger partial charge in [0.25, 0.3) is 0 Å². The smallest absolute Gasteiger partial charge is 0.0337 e. The Morgan fingerprint density at radius 2 is 2.13 bits per heavy atom. The summed E-state index contributed by atoms with van der Waals surface area (Å²) >= 11 is 0. The molecule has 3 N–H and O–H groups in total. The summed E-state index contributed by atoms with van der Waals surface area (Å²) < 4.78 is 0. The van der Waals surface area contributed by atoms with Crippen LogP contribution in [0.4, 0.5) is 0 Å². The Morgan fingerprint density at radius 1 is 1.53 bits per heavy atom. The van der Waals surface area contributed by atoms with Crippen LogP contribution in [0.15, 0.2) is 12.2 Å². The number of hydrogen-bond donors (Lipinski definition) is 2. The van der Waals surface area contributed by atoms with Gasteiger partial charge in [-0.1, -0.05) is 32.9 Å². The number of hydrogen-bond acceptors (Lipinski definition) is 2. The van der Waals surface area contributed by atoms with Crippen LogP contribution in [0.2, 0.25) is 0 Å². The van der Waals surface area contributed by atoms with Crippen molar-refractivity contribution < 1.29 is 0 Å². The van der Waals surface area contributed by atoms with E-state index in [1.165, 1.54) is 18.4 Å². The lowest BCUT2D eigenvalue weighted by Crippen LogP contribution is -2.54. The van der Waals surface area contributed by atoms with Crippen molar-refractivity contribution in [3.05, 3.63) is 12.2 Å². The molecule has 2 heteroatoms. The molecule has 88 valence electrons. The Kier molecular flexibility index (Phi) is 3.62. The molecule has 2 atom stereocenters. The van der Waals surface area contributed by atoms with Gasteiger partial charge in [0.15, 0.2) is 0 Å². The Morgan fingerprint density at radius 3 is 2.47 bits per heavy atom. The first kappa shape index (κ1) is 12.7. The molecule has 1 aliphatic rings. The van der Waals surface area contributed by atoms with Gasteiger partial charge in [0.1, 0.15) is 0 Å². The molecular formula is C13H26N2.